The van der Waals surface area contributed by atoms with E-state index in [0.29, 0.717) is 6.54 Å². The predicted octanol–water partition coefficient (Wildman–Crippen LogP) is 3.50. The molecule has 2 aromatic rings. The average Bonchev–Trinajstić information content (AvgIpc) is 2.74. The van der Waals surface area contributed by atoms with Gasteiger partial charge in [-0.3, -0.25) is 0 Å². The molecule has 1 aliphatic carbocycles. The predicted molar refractivity (Wildman–Crippen MR) is 81.7 cm³/mol. The van der Waals surface area contributed by atoms with E-state index in [-0.39, 0.29) is 6.09 Å². The van der Waals surface area contributed by atoms with Crippen LogP contribution in [0.15, 0.2) is 48.5 Å². The largest absolute Gasteiger partial charge is 0.431 e. The van der Waals surface area contributed by atoms with Gasteiger partial charge < -0.3 is 9.64 Å². The molecule has 1 saturated heterocycles. The minimum Gasteiger partial charge on any atom is -0.431 e. The normalized spacial score (nSPS) is 18.1. The summed E-state index contributed by atoms with van der Waals surface area (Å²) in [4.78, 5) is 13.7. The van der Waals surface area contributed by atoms with Gasteiger partial charge in [0.1, 0.15) is 0 Å². The second-order valence-electron chi connectivity index (χ2n) is 5.56. The van der Waals surface area contributed by atoms with Crippen molar-refractivity contribution in [1.29, 1.82) is 0 Å². The Morgan fingerprint density at radius 2 is 1.48 bits per heavy atom. The number of ether oxygens (including phenoxy) is 1. The highest BCUT2D eigenvalue weighted by Crippen LogP contribution is 2.44. The molecule has 0 N–H and O–H groups in total. The summed E-state index contributed by atoms with van der Waals surface area (Å²) in [7, 11) is 1.78. The van der Waals surface area contributed by atoms with Gasteiger partial charge in [0.25, 0.3) is 0 Å². The first-order valence-electron chi connectivity index (χ1n) is 7.02. The molecule has 1 spiro atoms. The summed E-state index contributed by atoms with van der Waals surface area (Å²) in [5.74, 6) is 0. The Hall–Kier alpha value is -2.55. The van der Waals surface area contributed by atoms with Crippen LogP contribution in [0.25, 0.3) is 12.2 Å². The molecule has 0 radical (unpaired) electrons. The highest BCUT2D eigenvalue weighted by atomic mass is 16.6. The van der Waals surface area contributed by atoms with Gasteiger partial charge in [-0.2, -0.15) is 0 Å². The summed E-state index contributed by atoms with van der Waals surface area (Å²) in [6.45, 7) is 0.529. The molecule has 0 aromatic heterocycles. The zero-order valence-electron chi connectivity index (χ0n) is 11.7. The van der Waals surface area contributed by atoms with E-state index in [4.69, 9.17) is 4.74 Å². The van der Waals surface area contributed by atoms with Crippen molar-refractivity contribution >= 4 is 18.2 Å². The molecule has 0 unspecified atom stereocenters. The minimum absolute atomic E-state index is 0.276. The van der Waals surface area contributed by atoms with Gasteiger partial charge in [-0.1, -0.05) is 60.7 Å². The van der Waals surface area contributed by atoms with Crippen LogP contribution in [-0.2, 0) is 10.3 Å². The standard InChI is InChI=1S/C18H15NO2/c1-19-12-18(21-17(19)20)15-8-4-2-6-13(15)10-11-14-7-3-5-9-16(14)18/h2-11H,12H2,1H3. The van der Waals surface area contributed by atoms with Crippen LogP contribution in [0, 0.1) is 0 Å². The molecule has 3 nitrogen and oxygen atoms in total. The molecule has 1 amide bonds. The summed E-state index contributed by atoms with van der Waals surface area (Å²) < 4.78 is 5.88. The molecule has 0 bridgehead atoms. The molecule has 2 aromatic carbocycles. The van der Waals surface area contributed by atoms with Gasteiger partial charge in [-0.25, -0.2) is 4.79 Å². The van der Waals surface area contributed by atoms with Crippen molar-refractivity contribution in [3.05, 3.63) is 70.8 Å². The number of hydrogen-bond donors (Lipinski definition) is 0. The van der Waals surface area contributed by atoms with Crippen molar-refractivity contribution in [3.63, 3.8) is 0 Å². The lowest BCUT2D eigenvalue weighted by Gasteiger charge is -2.29. The minimum atomic E-state index is -0.720. The molecular weight excluding hydrogens is 262 g/mol. The van der Waals surface area contributed by atoms with E-state index in [1.807, 2.05) is 36.4 Å². The summed E-state index contributed by atoms with van der Waals surface area (Å²) in [5, 5.41) is 0. The highest BCUT2D eigenvalue weighted by Gasteiger charge is 2.49. The first-order valence-corrected chi connectivity index (χ1v) is 7.02. The number of fused-ring (bicyclic) bond motifs is 4. The number of likely N-dealkylation sites (N-methyl/N-ethyl adjacent to an activating group) is 1. The SMILES string of the molecule is CN1CC2(OC1=O)c1ccccc1C=Cc1ccccc12. The number of rotatable bonds is 0. The third-order valence-corrected chi connectivity index (χ3v) is 4.27. The molecule has 104 valence electrons. The third-order valence-electron chi connectivity index (χ3n) is 4.27. The smallest absolute Gasteiger partial charge is 0.410 e. The van der Waals surface area contributed by atoms with E-state index in [0.717, 1.165) is 22.3 Å². The first-order chi connectivity index (χ1) is 10.2. The van der Waals surface area contributed by atoms with Crippen LogP contribution >= 0.6 is 0 Å². The van der Waals surface area contributed by atoms with Crippen LogP contribution in [-0.4, -0.2) is 24.6 Å². The topological polar surface area (TPSA) is 29.5 Å². The zero-order chi connectivity index (χ0) is 14.4. The fourth-order valence-corrected chi connectivity index (χ4v) is 3.28. The molecule has 4 rings (SSSR count). The van der Waals surface area contributed by atoms with Crippen molar-refractivity contribution in [1.82, 2.24) is 4.90 Å². The summed E-state index contributed by atoms with van der Waals surface area (Å²) in [6, 6.07) is 16.2. The maximum absolute atomic E-state index is 12.1. The van der Waals surface area contributed by atoms with Crippen LogP contribution in [0.2, 0.25) is 0 Å². The van der Waals surface area contributed by atoms with E-state index < -0.39 is 5.60 Å². The van der Waals surface area contributed by atoms with Crippen LogP contribution in [0.1, 0.15) is 22.3 Å². The van der Waals surface area contributed by atoms with Crippen molar-refractivity contribution in [3.8, 4) is 0 Å². The van der Waals surface area contributed by atoms with Gasteiger partial charge >= 0.3 is 6.09 Å². The lowest BCUT2D eigenvalue weighted by Crippen LogP contribution is -2.33. The Bertz CT molecular complexity index is 714. The van der Waals surface area contributed by atoms with E-state index in [1.165, 1.54) is 0 Å². The van der Waals surface area contributed by atoms with E-state index >= 15 is 0 Å². The van der Waals surface area contributed by atoms with Crippen LogP contribution in [0.4, 0.5) is 4.79 Å². The number of carbonyl (C=O) groups is 1. The van der Waals surface area contributed by atoms with E-state index in [9.17, 15) is 4.79 Å². The van der Waals surface area contributed by atoms with Gasteiger partial charge in [0.2, 0.25) is 0 Å². The Balaban J connectivity index is 2.05. The Morgan fingerprint density at radius 1 is 0.952 bits per heavy atom. The number of benzene rings is 2. The maximum atomic E-state index is 12.1. The number of carbonyl (C=O) groups excluding carboxylic acids is 1. The van der Waals surface area contributed by atoms with Crippen molar-refractivity contribution in [2.24, 2.45) is 0 Å². The summed E-state index contributed by atoms with van der Waals surface area (Å²) in [6.07, 6.45) is 3.91. The van der Waals surface area contributed by atoms with Gasteiger partial charge in [-0.15, -0.1) is 0 Å². The second-order valence-corrected chi connectivity index (χ2v) is 5.56. The fourth-order valence-electron chi connectivity index (χ4n) is 3.28. The zero-order valence-corrected chi connectivity index (χ0v) is 11.7. The first kappa shape index (κ1) is 12.2. The lowest BCUT2D eigenvalue weighted by molar-refractivity contribution is 0.0860. The van der Waals surface area contributed by atoms with E-state index in [2.05, 4.69) is 24.3 Å². The van der Waals surface area contributed by atoms with Gasteiger partial charge in [0, 0.05) is 18.2 Å². The maximum Gasteiger partial charge on any atom is 0.410 e. The van der Waals surface area contributed by atoms with Crippen molar-refractivity contribution in [2.45, 2.75) is 5.60 Å². The number of hydrogen-bond acceptors (Lipinski definition) is 2. The average molecular weight is 277 g/mol. The Kier molecular flexibility index (Phi) is 2.45. The fraction of sp³-hybridized carbons (Fsp3) is 0.167. The van der Waals surface area contributed by atoms with Crippen molar-refractivity contribution < 1.29 is 9.53 Å². The summed E-state index contributed by atoms with van der Waals surface area (Å²) >= 11 is 0. The monoisotopic (exact) mass is 277 g/mol. The van der Waals surface area contributed by atoms with Crippen LogP contribution in [0.3, 0.4) is 0 Å². The molecule has 1 heterocycles. The van der Waals surface area contributed by atoms with Crippen LogP contribution in [0.5, 0.6) is 0 Å². The lowest BCUT2D eigenvalue weighted by atomic mass is 9.83. The second kappa shape index (κ2) is 4.22. The van der Waals surface area contributed by atoms with Gasteiger partial charge in [-0.05, 0) is 11.1 Å². The van der Waals surface area contributed by atoms with Crippen molar-refractivity contribution in [2.75, 3.05) is 13.6 Å². The van der Waals surface area contributed by atoms with E-state index in [1.54, 1.807) is 11.9 Å². The Morgan fingerprint density at radius 3 is 1.95 bits per heavy atom. The molecule has 0 atom stereocenters. The molecule has 1 fully saturated rings. The molecule has 3 heteroatoms. The molecular formula is C18H15NO2. The highest BCUT2D eigenvalue weighted by molar-refractivity contribution is 5.80. The molecule has 0 saturated carbocycles. The molecule has 1 aliphatic heterocycles. The summed E-state index contributed by atoms with van der Waals surface area (Å²) in [5.41, 5.74) is 3.56. The molecule has 21 heavy (non-hydrogen) atoms. The number of nitrogens with zero attached hydrogens (tertiary/aromatic N) is 1. The van der Waals surface area contributed by atoms with Crippen LogP contribution < -0.4 is 0 Å². The molecule has 2 aliphatic rings. The third kappa shape index (κ3) is 1.64. The Labute approximate surface area is 123 Å². The quantitative estimate of drug-likeness (QED) is 0.737. The van der Waals surface area contributed by atoms with Gasteiger partial charge in [0.05, 0.1) is 6.54 Å². The number of amides is 1. The van der Waals surface area contributed by atoms with Gasteiger partial charge in [0.15, 0.2) is 5.60 Å².